The van der Waals surface area contributed by atoms with E-state index in [9.17, 15) is 21.6 Å². The molecule has 1 heterocycles. The molecule has 0 aliphatic carbocycles. The Kier molecular flexibility index (Phi) is 7.23. The number of halogens is 5. The molecule has 0 saturated carbocycles. The lowest BCUT2D eigenvalue weighted by Crippen LogP contribution is -2.30. The molecule has 32 heavy (non-hydrogen) atoms. The van der Waals surface area contributed by atoms with E-state index in [1.807, 2.05) is 0 Å². The van der Waals surface area contributed by atoms with Crippen LogP contribution in [0.15, 0.2) is 47.4 Å². The summed E-state index contributed by atoms with van der Waals surface area (Å²) in [7, 11) is -2.14. The summed E-state index contributed by atoms with van der Waals surface area (Å²) in [6.45, 7) is 3.22. The fourth-order valence-corrected chi connectivity index (χ4v) is 4.24. The number of hydrogen-bond acceptors (Lipinski definition) is 5. The van der Waals surface area contributed by atoms with Crippen LogP contribution in [0.3, 0.4) is 0 Å². The van der Waals surface area contributed by atoms with Crippen LogP contribution in [0.4, 0.5) is 13.2 Å². The summed E-state index contributed by atoms with van der Waals surface area (Å²) in [4.78, 5) is -0.113. The monoisotopic (exact) mass is 509 g/mol. The summed E-state index contributed by atoms with van der Waals surface area (Å²) in [5.41, 5.74) is -2.20. The van der Waals surface area contributed by atoms with Gasteiger partial charge in [-0.1, -0.05) is 29.8 Å². The lowest BCUT2D eigenvalue weighted by atomic mass is 10.1. The van der Waals surface area contributed by atoms with Crippen molar-refractivity contribution in [2.75, 3.05) is 6.26 Å². The van der Waals surface area contributed by atoms with Crippen LogP contribution in [-0.4, -0.2) is 29.4 Å². The van der Waals surface area contributed by atoms with Crippen molar-refractivity contribution in [1.82, 2.24) is 14.8 Å². The summed E-state index contributed by atoms with van der Waals surface area (Å²) < 4.78 is 71.9. The molecule has 2 aromatic carbocycles. The van der Waals surface area contributed by atoms with Crippen LogP contribution in [0.2, 0.25) is 5.02 Å². The minimum Gasteiger partial charge on any atom is -0.478 e. The third kappa shape index (κ3) is 5.19. The predicted octanol–water partition coefficient (Wildman–Crippen LogP) is 5.29. The molecule has 12 heteroatoms. The van der Waals surface area contributed by atoms with E-state index in [1.165, 1.54) is 48.0 Å². The van der Waals surface area contributed by atoms with Crippen molar-refractivity contribution in [3.05, 3.63) is 58.9 Å². The first-order chi connectivity index (χ1) is 14.2. The molecule has 0 atom stereocenters. The van der Waals surface area contributed by atoms with Gasteiger partial charge in [-0.05, 0) is 38.1 Å². The molecule has 174 valence electrons. The number of alkyl halides is 3. The van der Waals surface area contributed by atoms with Gasteiger partial charge < -0.3 is 9.30 Å². The molecule has 0 unspecified atom stereocenters. The molecule has 0 aliphatic rings. The molecule has 1 aromatic heterocycles. The van der Waals surface area contributed by atoms with E-state index < -0.39 is 27.2 Å². The topological polar surface area (TPSA) is 74.1 Å². The zero-order valence-electron chi connectivity index (χ0n) is 17.4. The van der Waals surface area contributed by atoms with Gasteiger partial charge in [0, 0.05) is 23.9 Å². The molecule has 3 rings (SSSR count). The minimum atomic E-state index is -4.57. The molecule has 3 aromatic rings. The third-order valence-electron chi connectivity index (χ3n) is 4.56. The molecule has 0 amide bonds. The largest absolute Gasteiger partial charge is 0.478 e. The van der Waals surface area contributed by atoms with Crippen molar-refractivity contribution in [2.24, 2.45) is 7.05 Å². The van der Waals surface area contributed by atoms with E-state index in [2.05, 4.69) is 10.2 Å². The van der Waals surface area contributed by atoms with E-state index in [1.54, 1.807) is 13.8 Å². The second-order valence-corrected chi connectivity index (χ2v) is 9.85. The van der Waals surface area contributed by atoms with Crippen LogP contribution in [0.1, 0.15) is 25.2 Å². The quantitative estimate of drug-likeness (QED) is 0.466. The number of nitrogens with zero attached hydrogens (tertiary/aromatic N) is 3. The maximum atomic E-state index is 13.4. The zero-order valence-corrected chi connectivity index (χ0v) is 19.8. The zero-order chi connectivity index (χ0) is 23.2. The molecule has 0 bridgehead atoms. The Balaban J connectivity index is 0.00000363. The van der Waals surface area contributed by atoms with Crippen molar-refractivity contribution < 1.29 is 26.3 Å². The molecule has 0 spiro atoms. The van der Waals surface area contributed by atoms with E-state index in [0.717, 1.165) is 12.3 Å². The number of hydrogen-bond donors (Lipinski definition) is 0. The van der Waals surface area contributed by atoms with Crippen molar-refractivity contribution in [3.8, 4) is 17.1 Å². The van der Waals surface area contributed by atoms with Gasteiger partial charge in [-0.15, -0.1) is 22.6 Å². The normalized spacial score (nSPS) is 12.4. The Bertz CT molecular complexity index is 1240. The van der Waals surface area contributed by atoms with Crippen molar-refractivity contribution >= 4 is 33.8 Å². The highest BCUT2D eigenvalue weighted by Gasteiger charge is 2.36. The SMILES string of the molecule is Cl.Cn1c(-c2ccccc2C(F)(F)F)nnc1C(C)(C)Oc1ccc(Cl)cc1S(C)(=O)=O. The molecule has 6 nitrogen and oxygen atoms in total. The first-order valence-corrected chi connectivity index (χ1v) is 11.2. The highest BCUT2D eigenvalue weighted by molar-refractivity contribution is 7.90. The van der Waals surface area contributed by atoms with Gasteiger partial charge in [0.15, 0.2) is 27.1 Å². The molecule has 0 radical (unpaired) electrons. The van der Waals surface area contributed by atoms with Gasteiger partial charge in [0.25, 0.3) is 0 Å². The molecule has 0 saturated heterocycles. The minimum absolute atomic E-state index is 0. The van der Waals surface area contributed by atoms with Crippen LogP contribution in [0.5, 0.6) is 5.75 Å². The molecule has 0 fully saturated rings. The standard InChI is InChI=1S/C20H19ClF3N3O3S.ClH/c1-19(2,30-15-10-9-12(21)11-16(15)31(4,28)29)18-26-25-17(27(18)3)13-7-5-6-8-14(13)20(22,23)24;/h5-11H,1-4H3;1H. The van der Waals surface area contributed by atoms with Gasteiger partial charge >= 0.3 is 6.18 Å². The van der Waals surface area contributed by atoms with Crippen LogP contribution in [-0.2, 0) is 28.7 Å². The van der Waals surface area contributed by atoms with E-state index >= 15 is 0 Å². The van der Waals surface area contributed by atoms with Gasteiger partial charge in [0.05, 0.1) is 5.56 Å². The third-order valence-corrected chi connectivity index (χ3v) is 5.91. The summed E-state index contributed by atoms with van der Waals surface area (Å²) in [6, 6.07) is 9.21. The highest BCUT2D eigenvalue weighted by atomic mass is 35.5. The number of aromatic nitrogens is 3. The second kappa shape index (κ2) is 8.92. The van der Waals surface area contributed by atoms with Gasteiger partial charge in [-0.3, -0.25) is 0 Å². The highest BCUT2D eigenvalue weighted by Crippen LogP contribution is 2.38. The second-order valence-electron chi connectivity index (χ2n) is 7.43. The van der Waals surface area contributed by atoms with Crippen LogP contribution >= 0.6 is 24.0 Å². The Hall–Kier alpha value is -2.30. The van der Waals surface area contributed by atoms with Crippen molar-refractivity contribution in [3.63, 3.8) is 0 Å². The Morgan fingerprint density at radius 2 is 1.69 bits per heavy atom. The fourth-order valence-electron chi connectivity index (χ4n) is 3.19. The summed E-state index contributed by atoms with van der Waals surface area (Å²) in [5.74, 6) is 0.241. The number of sulfone groups is 1. The van der Waals surface area contributed by atoms with Crippen molar-refractivity contribution in [1.29, 1.82) is 0 Å². The molecular formula is C20H20Cl2F3N3O3S. The number of rotatable bonds is 5. The first kappa shape index (κ1) is 26.0. The predicted molar refractivity (Wildman–Crippen MR) is 117 cm³/mol. The van der Waals surface area contributed by atoms with Gasteiger partial charge in [0.1, 0.15) is 10.6 Å². The maximum Gasteiger partial charge on any atom is 0.417 e. The molecule has 0 aliphatic heterocycles. The van der Waals surface area contributed by atoms with E-state index in [4.69, 9.17) is 16.3 Å². The smallest absolute Gasteiger partial charge is 0.417 e. The molecular weight excluding hydrogens is 490 g/mol. The van der Waals surface area contributed by atoms with Gasteiger partial charge in [-0.25, -0.2) is 8.42 Å². The lowest BCUT2D eigenvalue weighted by Gasteiger charge is -2.26. The molecule has 0 N–H and O–H groups in total. The summed E-state index contributed by atoms with van der Waals surface area (Å²) in [6.07, 6.45) is -3.55. The Morgan fingerprint density at radius 3 is 2.28 bits per heavy atom. The van der Waals surface area contributed by atoms with Crippen molar-refractivity contribution in [2.45, 2.75) is 30.5 Å². The average molecular weight is 510 g/mol. The first-order valence-electron chi connectivity index (χ1n) is 8.97. The van der Waals surface area contributed by atoms with Crippen LogP contribution < -0.4 is 4.74 Å². The Labute approximate surface area is 194 Å². The van der Waals surface area contributed by atoms with Crippen LogP contribution in [0, 0.1) is 0 Å². The fraction of sp³-hybridized carbons (Fsp3) is 0.300. The average Bonchev–Trinajstić information content (AvgIpc) is 3.04. The van der Waals surface area contributed by atoms with Gasteiger partial charge in [-0.2, -0.15) is 13.2 Å². The number of benzene rings is 2. The van der Waals surface area contributed by atoms with E-state index in [0.29, 0.717) is 0 Å². The maximum absolute atomic E-state index is 13.4. The van der Waals surface area contributed by atoms with Gasteiger partial charge in [0.2, 0.25) is 0 Å². The Morgan fingerprint density at radius 1 is 1.06 bits per heavy atom. The van der Waals surface area contributed by atoms with Crippen LogP contribution in [0.25, 0.3) is 11.4 Å². The number of ether oxygens (including phenoxy) is 1. The summed E-state index contributed by atoms with van der Waals surface area (Å²) >= 11 is 5.92. The van der Waals surface area contributed by atoms with E-state index in [-0.39, 0.29) is 45.3 Å². The summed E-state index contributed by atoms with van der Waals surface area (Å²) in [5, 5.41) is 8.20. The lowest BCUT2D eigenvalue weighted by molar-refractivity contribution is -0.137.